The number of anilines is 1. The van der Waals surface area contributed by atoms with E-state index in [0.717, 1.165) is 54.5 Å². The second-order valence-electron chi connectivity index (χ2n) is 5.89. The maximum atomic E-state index is 9.68. The number of hydrogen-bond donors (Lipinski definition) is 1. The molecule has 24 heavy (non-hydrogen) atoms. The van der Waals surface area contributed by atoms with Crippen LogP contribution < -0.4 is 15.2 Å². The van der Waals surface area contributed by atoms with Crippen molar-refractivity contribution in [2.75, 3.05) is 20.0 Å². The third kappa shape index (κ3) is 2.65. The molecule has 0 saturated heterocycles. The van der Waals surface area contributed by atoms with Crippen molar-refractivity contribution in [2.45, 2.75) is 32.1 Å². The van der Waals surface area contributed by atoms with Crippen LogP contribution in [0.15, 0.2) is 18.2 Å². The number of benzene rings is 1. The van der Waals surface area contributed by atoms with Gasteiger partial charge in [-0.2, -0.15) is 5.26 Å². The van der Waals surface area contributed by atoms with Crippen LogP contribution in [0.25, 0.3) is 11.1 Å². The second kappa shape index (κ2) is 6.79. The van der Waals surface area contributed by atoms with Crippen LogP contribution in [-0.4, -0.2) is 19.2 Å². The molecular weight excluding hydrogens is 302 g/mol. The second-order valence-corrected chi connectivity index (χ2v) is 5.89. The first-order valence-corrected chi connectivity index (χ1v) is 8.14. The Morgan fingerprint density at radius 1 is 1.12 bits per heavy atom. The zero-order valence-corrected chi connectivity index (χ0v) is 14.1. The summed E-state index contributed by atoms with van der Waals surface area (Å²) in [5, 5.41) is 9.68. The summed E-state index contributed by atoms with van der Waals surface area (Å²) in [6, 6.07) is 7.93. The van der Waals surface area contributed by atoms with Gasteiger partial charge in [-0.25, -0.2) is 4.98 Å². The summed E-state index contributed by atoms with van der Waals surface area (Å²) in [5.74, 6) is 1.54. The average Bonchev–Trinajstić information content (AvgIpc) is 2.84. The molecule has 1 heterocycles. The lowest BCUT2D eigenvalue weighted by Gasteiger charge is -2.19. The molecule has 1 aromatic heterocycles. The van der Waals surface area contributed by atoms with Crippen molar-refractivity contribution in [1.29, 1.82) is 5.26 Å². The normalized spacial score (nSPS) is 13.5. The van der Waals surface area contributed by atoms with Gasteiger partial charge in [-0.15, -0.1) is 0 Å². The molecule has 0 bridgehead atoms. The van der Waals surface area contributed by atoms with Crippen molar-refractivity contribution in [3.05, 3.63) is 35.0 Å². The van der Waals surface area contributed by atoms with Crippen LogP contribution in [0.3, 0.4) is 0 Å². The topological polar surface area (TPSA) is 81.2 Å². The van der Waals surface area contributed by atoms with E-state index in [4.69, 9.17) is 15.2 Å². The van der Waals surface area contributed by atoms with Crippen LogP contribution in [0.1, 0.15) is 36.1 Å². The fraction of sp³-hybridized carbons (Fsp3) is 0.368. The number of nitrogen functional groups attached to an aromatic ring is 1. The Labute approximate surface area is 142 Å². The number of nitriles is 1. The number of nitrogens with zero attached hydrogens (tertiary/aromatic N) is 2. The van der Waals surface area contributed by atoms with Crippen LogP contribution >= 0.6 is 0 Å². The van der Waals surface area contributed by atoms with E-state index in [9.17, 15) is 5.26 Å². The number of pyridine rings is 1. The highest BCUT2D eigenvalue weighted by Crippen LogP contribution is 2.43. The van der Waals surface area contributed by atoms with Crippen molar-refractivity contribution in [3.8, 4) is 28.7 Å². The number of para-hydroxylation sites is 1. The monoisotopic (exact) mass is 323 g/mol. The molecule has 1 aromatic carbocycles. The minimum Gasteiger partial charge on any atom is -0.493 e. The van der Waals surface area contributed by atoms with Gasteiger partial charge in [0.05, 0.1) is 14.2 Å². The van der Waals surface area contributed by atoms with Crippen molar-refractivity contribution in [2.24, 2.45) is 0 Å². The number of nitrogens with two attached hydrogens (primary N) is 1. The third-order valence-electron chi connectivity index (χ3n) is 4.54. The predicted molar refractivity (Wildman–Crippen MR) is 93.2 cm³/mol. The summed E-state index contributed by atoms with van der Waals surface area (Å²) in [7, 11) is 3.21. The summed E-state index contributed by atoms with van der Waals surface area (Å²) >= 11 is 0. The largest absolute Gasteiger partial charge is 0.493 e. The van der Waals surface area contributed by atoms with Gasteiger partial charge in [0.25, 0.3) is 0 Å². The first kappa shape index (κ1) is 16.1. The van der Waals surface area contributed by atoms with Crippen molar-refractivity contribution < 1.29 is 9.47 Å². The molecule has 0 radical (unpaired) electrons. The van der Waals surface area contributed by atoms with Gasteiger partial charge >= 0.3 is 0 Å². The van der Waals surface area contributed by atoms with Crippen molar-refractivity contribution >= 4 is 5.82 Å². The number of aromatic nitrogens is 1. The molecule has 5 heteroatoms. The van der Waals surface area contributed by atoms with Gasteiger partial charge in [-0.1, -0.05) is 18.6 Å². The van der Waals surface area contributed by atoms with E-state index in [-0.39, 0.29) is 5.82 Å². The quantitative estimate of drug-likeness (QED) is 0.874. The SMILES string of the molecule is COc1cccc(-c2c(C#N)c(N)nc3c2CCCCC3)c1OC. The van der Waals surface area contributed by atoms with Crippen molar-refractivity contribution in [3.63, 3.8) is 0 Å². The van der Waals surface area contributed by atoms with Crippen LogP contribution in [0.2, 0.25) is 0 Å². The molecule has 0 atom stereocenters. The van der Waals surface area contributed by atoms with Gasteiger partial charge in [0.1, 0.15) is 17.5 Å². The van der Waals surface area contributed by atoms with E-state index >= 15 is 0 Å². The molecule has 0 spiro atoms. The molecule has 0 fully saturated rings. The zero-order valence-electron chi connectivity index (χ0n) is 14.1. The first-order valence-electron chi connectivity index (χ1n) is 8.14. The Morgan fingerprint density at radius 3 is 2.62 bits per heavy atom. The Balaban J connectivity index is 2.36. The minimum absolute atomic E-state index is 0.290. The van der Waals surface area contributed by atoms with Crippen LogP contribution in [0, 0.1) is 11.3 Å². The van der Waals surface area contributed by atoms with Crippen LogP contribution in [0.5, 0.6) is 11.5 Å². The molecule has 2 N–H and O–H groups in total. The van der Waals surface area contributed by atoms with Gasteiger partial charge in [-0.3, -0.25) is 0 Å². The highest BCUT2D eigenvalue weighted by Gasteiger charge is 2.24. The summed E-state index contributed by atoms with van der Waals surface area (Å²) in [4.78, 5) is 4.51. The van der Waals surface area contributed by atoms with E-state index in [0.29, 0.717) is 17.1 Å². The lowest BCUT2D eigenvalue weighted by molar-refractivity contribution is 0.356. The van der Waals surface area contributed by atoms with Gasteiger partial charge in [0, 0.05) is 16.8 Å². The third-order valence-corrected chi connectivity index (χ3v) is 4.54. The van der Waals surface area contributed by atoms with Crippen molar-refractivity contribution in [1.82, 2.24) is 4.98 Å². The smallest absolute Gasteiger partial charge is 0.168 e. The molecule has 0 saturated carbocycles. The molecule has 124 valence electrons. The number of fused-ring (bicyclic) bond motifs is 1. The minimum atomic E-state index is 0.290. The molecular formula is C19H21N3O2. The van der Waals surface area contributed by atoms with E-state index in [1.165, 1.54) is 0 Å². The maximum Gasteiger partial charge on any atom is 0.168 e. The van der Waals surface area contributed by atoms with Gasteiger partial charge in [0.15, 0.2) is 11.5 Å². The lowest BCUT2D eigenvalue weighted by Crippen LogP contribution is -2.07. The summed E-state index contributed by atoms with van der Waals surface area (Å²) < 4.78 is 11.0. The fourth-order valence-corrected chi connectivity index (χ4v) is 3.43. The number of aryl methyl sites for hydroxylation is 1. The first-order chi connectivity index (χ1) is 11.7. The van der Waals surface area contributed by atoms with E-state index in [1.54, 1.807) is 14.2 Å². The average molecular weight is 323 g/mol. The Bertz CT molecular complexity index is 809. The number of methoxy groups -OCH3 is 2. The fourth-order valence-electron chi connectivity index (χ4n) is 3.43. The molecule has 0 aliphatic heterocycles. The predicted octanol–water partition coefficient (Wildman–Crippen LogP) is 3.49. The van der Waals surface area contributed by atoms with Gasteiger partial charge in [0.2, 0.25) is 0 Å². The Morgan fingerprint density at radius 2 is 1.92 bits per heavy atom. The highest BCUT2D eigenvalue weighted by molar-refractivity contribution is 5.84. The Hall–Kier alpha value is -2.74. The molecule has 5 nitrogen and oxygen atoms in total. The molecule has 1 aliphatic carbocycles. The van der Waals surface area contributed by atoms with Gasteiger partial charge in [-0.05, 0) is 37.3 Å². The summed E-state index contributed by atoms with van der Waals surface area (Å²) in [5.41, 5.74) is 10.3. The lowest BCUT2D eigenvalue weighted by atomic mass is 9.91. The van der Waals surface area contributed by atoms with E-state index in [2.05, 4.69) is 11.1 Å². The number of rotatable bonds is 3. The molecule has 0 unspecified atom stereocenters. The zero-order chi connectivity index (χ0) is 17.1. The number of ether oxygens (including phenoxy) is 2. The molecule has 3 rings (SSSR count). The summed E-state index contributed by atoms with van der Waals surface area (Å²) in [6.45, 7) is 0. The molecule has 1 aliphatic rings. The highest BCUT2D eigenvalue weighted by atomic mass is 16.5. The van der Waals surface area contributed by atoms with Crippen LogP contribution in [-0.2, 0) is 12.8 Å². The standard InChI is InChI=1S/C19H21N3O2/c1-23-16-10-6-8-13(18(16)24-2)17-12-7-4-3-5-9-15(12)22-19(21)14(17)11-20/h6,8,10H,3-5,7,9H2,1-2H3,(H2,21,22). The van der Waals surface area contributed by atoms with Gasteiger partial charge < -0.3 is 15.2 Å². The summed E-state index contributed by atoms with van der Waals surface area (Å²) in [6.07, 6.45) is 5.13. The molecule has 0 amide bonds. The molecule has 2 aromatic rings. The maximum absolute atomic E-state index is 9.68. The van der Waals surface area contributed by atoms with E-state index < -0.39 is 0 Å². The Kier molecular flexibility index (Phi) is 4.57. The van der Waals surface area contributed by atoms with Crippen LogP contribution in [0.4, 0.5) is 5.82 Å². The van der Waals surface area contributed by atoms with E-state index in [1.807, 2.05) is 18.2 Å². The number of hydrogen-bond acceptors (Lipinski definition) is 5.